The monoisotopic (exact) mass is 475 g/mol. The van der Waals surface area contributed by atoms with Crippen molar-refractivity contribution in [3.63, 3.8) is 0 Å². The number of nitrogens with zero attached hydrogens (tertiary/aromatic N) is 3. The van der Waals surface area contributed by atoms with E-state index in [-0.39, 0.29) is 12.1 Å². The first-order valence-electron chi connectivity index (χ1n) is 8.46. The van der Waals surface area contributed by atoms with Gasteiger partial charge in [0.1, 0.15) is 6.73 Å². The van der Waals surface area contributed by atoms with Crippen LogP contribution in [0.5, 0.6) is 0 Å². The van der Waals surface area contributed by atoms with E-state index < -0.39 is 65.8 Å². The first-order valence-corrected chi connectivity index (χ1v) is 8.46. The van der Waals surface area contributed by atoms with Crippen LogP contribution in [0.4, 0.5) is 51.1 Å². The van der Waals surface area contributed by atoms with Crippen LogP contribution in [0.25, 0.3) is 0 Å². The van der Waals surface area contributed by atoms with Gasteiger partial charge in [0.15, 0.2) is 5.69 Å². The van der Waals surface area contributed by atoms with Crippen molar-refractivity contribution in [2.24, 2.45) is 0 Å². The summed E-state index contributed by atoms with van der Waals surface area (Å²) in [6.45, 7) is 1.99. The molecule has 0 aliphatic carbocycles. The van der Waals surface area contributed by atoms with E-state index in [0.717, 1.165) is 13.2 Å². The number of hydrogen-bond donors (Lipinski definition) is 0. The molecular weight excluding hydrogens is 461 g/mol. The normalized spacial score (nSPS) is 12.7. The summed E-state index contributed by atoms with van der Waals surface area (Å²) in [5.74, 6) is -0.933. The minimum absolute atomic E-state index is 0.134. The van der Waals surface area contributed by atoms with Crippen LogP contribution in [0.15, 0.2) is 41.7 Å². The highest BCUT2D eigenvalue weighted by Gasteiger charge is 2.41. The SMILES string of the molecule is C=CCn1c(N(COC)c2ccc(C(F)(F)F)cc2C(F)(F)F)nc(C(F)(F)F)cc1=O. The summed E-state index contributed by atoms with van der Waals surface area (Å²) < 4.78 is 125. The molecule has 0 amide bonds. The number of methoxy groups -OCH3 is 1. The van der Waals surface area contributed by atoms with E-state index in [2.05, 4.69) is 11.6 Å². The van der Waals surface area contributed by atoms with Crippen molar-refractivity contribution in [1.29, 1.82) is 0 Å². The molecule has 0 bridgehead atoms. The summed E-state index contributed by atoms with van der Waals surface area (Å²) in [4.78, 5) is 15.9. The molecule has 0 atom stereocenters. The fourth-order valence-electron chi connectivity index (χ4n) is 2.68. The fourth-order valence-corrected chi connectivity index (χ4v) is 2.68. The summed E-state index contributed by atoms with van der Waals surface area (Å²) in [6.07, 6.45) is -14.5. The van der Waals surface area contributed by atoms with Crippen LogP contribution in [0, 0.1) is 0 Å². The lowest BCUT2D eigenvalue weighted by atomic mass is 10.1. The molecule has 0 fully saturated rings. The number of benzene rings is 1. The number of alkyl halides is 9. The third-order valence-electron chi connectivity index (χ3n) is 4.01. The standard InChI is InChI=1S/C18H14F9N3O2/c1-3-6-29-14(31)8-13(18(25,26)27)28-15(29)30(9-32-2)12-5-4-10(16(19,20)21)7-11(12)17(22,23)24/h3-5,7-8H,1,6,9H2,2H3. The fraction of sp³-hybridized carbons (Fsp3) is 0.333. The second-order valence-corrected chi connectivity index (χ2v) is 6.25. The Labute approximate surface area is 174 Å². The zero-order chi connectivity index (χ0) is 24.5. The number of halogens is 9. The van der Waals surface area contributed by atoms with Crippen molar-refractivity contribution in [3.05, 3.63) is 64.1 Å². The molecule has 0 aliphatic rings. The van der Waals surface area contributed by atoms with E-state index in [1.807, 2.05) is 0 Å². The van der Waals surface area contributed by atoms with E-state index in [1.54, 1.807) is 0 Å². The first-order chi connectivity index (χ1) is 14.6. The van der Waals surface area contributed by atoms with Gasteiger partial charge in [0.2, 0.25) is 5.95 Å². The van der Waals surface area contributed by atoms with E-state index in [1.165, 1.54) is 0 Å². The van der Waals surface area contributed by atoms with Gasteiger partial charge < -0.3 is 4.74 Å². The highest BCUT2D eigenvalue weighted by Crippen LogP contribution is 2.42. The van der Waals surface area contributed by atoms with E-state index >= 15 is 0 Å². The molecule has 0 N–H and O–H groups in total. The lowest BCUT2D eigenvalue weighted by Gasteiger charge is -2.29. The molecule has 0 saturated heterocycles. The Balaban J connectivity index is 2.89. The highest BCUT2D eigenvalue weighted by molar-refractivity contribution is 5.64. The predicted octanol–water partition coefficient (Wildman–Crippen LogP) is 5.23. The molecule has 2 rings (SSSR count). The predicted molar refractivity (Wildman–Crippen MR) is 94.2 cm³/mol. The van der Waals surface area contributed by atoms with Gasteiger partial charge in [-0.05, 0) is 18.2 Å². The first kappa shape index (κ1) is 25.2. The van der Waals surface area contributed by atoms with Crippen LogP contribution in [-0.4, -0.2) is 23.4 Å². The smallest absolute Gasteiger partial charge is 0.364 e. The van der Waals surface area contributed by atoms with Crippen LogP contribution < -0.4 is 10.5 Å². The molecule has 1 heterocycles. The minimum atomic E-state index is -5.34. The van der Waals surface area contributed by atoms with Gasteiger partial charge in [-0.2, -0.15) is 39.5 Å². The van der Waals surface area contributed by atoms with Gasteiger partial charge in [0, 0.05) is 19.7 Å². The maximum Gasteiger partial charge on any atom is 0.433 e. The number of aromatic nitrogens is 2. The summed E-state index contributed by atoms with van der Waals surface area (Å²) >= 11 is 0. The van der Waals surface area contributed by atoms with Crippen molar-refractivity contribution >= 4 is 11.6 Å². The van der Waals surface area contributed by atoms with Crippen LogP contribution in [0.2, 0.25) is 0 Å². The Morgan fingerprint density at radius 2 is 1.66 bits per heavy atom. The van der Waals surface area contributed by atoms with Gasteiger partial charge in [-0.3, -0.25) is 14.3 Å². The molecule has 32 heavy (non-hydrogen) atoms. The highest BCUT2D eigenvalue weighted by atomic mass is 19.4. The summed E-state index contributed by atoms with van der Waals surface area (Å²) in [7, 11) is 0.980. The number of rotatable bonds is 6. The molecule has 14 heteroatoms. The van der Waals surface area contributed by atoms with E-state index in [0.29, 0.717) is 21.6 Å². The Hall–Kier alpha value is -3.03. The molecular formula is C18H14F9N3O2. The van der Waals surface area contributed by atoms with Crippen LogP contribution in [-0.2, 0) is 29.8 Å². The van der Waals surface area contributed by atoms with Crippen molar-refractivity contribution in [1.82, 2.24) is 9.55 Å². The molecule has 5 nitrogen and oxygen atoms in total. The average molecular weight is 475 g/mol. The molecule has 0 aliphatic heterocycles. The number of ether oxygens (including phenoxy) is 1. The molecule has 0 radical (unpaired) electrons. The third-order valence-corrected chi connectivity index (χ3v) is 4.01. The maximum absolute atomic E-state index is 13.6. The van der Waals surface area contributed by atoms with Gasteiger partial charge in [0.05, 0.1) is 16.8 Å². The lowest BCUT2D eigenvalue weighted by Crippen LogP contribution is -2.34. The largest absolute Gasteiger partial charge is 0.433 e. The Morgan fingerprint density at radius 1 is 1.03 bits per heavy atom. The van der Waals surface area contributed by atoms with Crippen molar-refractivity contribution in [2.75, 3.05) is 18.7 Å². The van der Waals surface area contributed by atoms with Gasteiger partial charge in [-0.15, -0.1) is 6.58 Å². The third kappa shape index (κ3) is 5.41. The van der Waals surface area contributed by atoms with Crippen LogP contribution in [0.1, 0.15) is 16.8 Å². The van der Waals surface area contributed by atoms with Crippen LogP contribution in [0.3, 0.4) is 0 Å². The number of anilines is 2. The molecule has 1 aromatic carbocycles. The lowest BCUT2D eigenvalue weighted by molar-refractivity contribution is -0.143. The summed E-state index contributed by atoms with van der Waals surface area (Å²) in [5, 5.41) is 0. The molecule has 0 spiro atoms. The minimum Gasteiger partial charge on any atom is -0.364 e. The summed E-state index contributed by atoms with van der Waals surface area (Å²) in [6, 6.07) is 0.670. The van der Waals surface area contributed by atoms with Gasteiger partial charge >= 0.3 is 18.5 Å². The van der Waals surface area contributed by atoms with Gasteiger partial charge in [-0.1, -0.05) is 6.08 Å². The topological polar surface area (TPSA) is 47.4 Å². The second kappa shape index (κ2) is 8.84. The Bertz CT molecular complexity index is 1040. The summed E-state index contributed by atoms with van der Waals surface area (Å²) in [5.41, 5.74) is -7.44. The second-order valence-electron chi connectivity index (χ2n) is 6.25. The quantitative estimate of drug-likeness (QED) is 0.326. The van der Waals surface area contributed by atoms with E-state index in [9.17, 15) is 44.3 Å². The molecule has 0 saturated carbocycles. The molecule has 1 aromatic heterocycles. The number of hydrogen-bond acceptors (Lipinski definition) is 4. The van der Waals surface area contributed by atoms with Crippen molar-refractivity contribution in [2.45, 2.75) is 25.1 Å². The maximum atomic E-state index is 13.6. The Kier molecular flexibility index (Phi) is 6.97. The number of allylic oxidation sites excluding steroid dienone is 1. The van der Waals surface area contributed by atoms with Gasteiger partial charge in [-0.25, -0.2) is 4.98 Å². The average Bonchev–Trinajstić information content (AvgIpc) is 2.65. The Morgan fingerprint density at radius 3 is 2.12 bits per heavy atom. The van der Waals surface area contributed by atoms with Gasteiger partial charge in [0.25, 0.3) is 5.56 Å². The zero-order valence-electron chi connectivity index (χ0n) is 16.1. The van der Waals surface area contributed by atoms with Crippen molar-refractivity contribution < 1.29 is 44.3 Å². The molecule has 176 valence electrons. The molecule has 2 aromatic rings. The molecule has 0 unspecified atom stereocenters. The van der Waals surface area contributed by atoms with Crippen molar-refractivity contribution in [3.8, 4) is 0 Å². The van der Waals surface area contributed by atoms with E-state index in [4.69, 9.17) is 4.74 Å². The zero-order valence-corrected chi connectivity index (χ0v) is 16.1. The van der Waals surface area contributed by atoms with Crippen LogP contribution >= 0.6 is 0 Å².